The number of nitrogens with zero attached hydrogens (tertiary/aromatic N) is 2. The largest absolute Gasteiger partial charge is 0.368 e. The van der Waals surface area contributed by atoms with Crippen LogP contribution in [-0.4, -0.2) is 48.0 Å². The van der Waals surface area contributed by atoms with Crippen LogP contribution >= 0.6 is 12.2 Å². The van der Waals surface area contributed by atoms with Gasteiger partial charge in [-0.25, -0.2) is 0 Å². The summed E-state index contributed by atoms with van der Waals surface area (Å²) in [7, 11) is 0. The Hall–Kier alpha value is -3.71. The number of amides is 2. The van der Waals surface area contributed by atoms with Crippen LogP contribution in [0.2, 0.25) is 0 Å². The zero-order chi connectivity index (χ0) is 25.7. The van der Waals surface area contributed by atoms with Gasteiger partial charge in [0.15, 0.2) is 5.11 Å². The zero-order valence-electron chi connectivity index (χ0n) is 21.0. The van der Waals surface area contributed by atoms with Gasteiger partial charge in [0.05, 0.1) is 0 Å². The van der Waals surface area contributed by atoms with E-state index < -0.39 is 0 Å². The Morgan fingerprint density at radius 2 is 1.39 bits per heavy atom. The molecule has 0 radical (unpaired) electrons. The fraction of sp³-hybridized carbons (Fsp3) is 0.276. The van der Waals surface area contributed by atoms with E-state index >= 15 is 0 Å². The van der Waals surface area contributed by atoms with E-state index in [9.17, 15) is 9.59 Å². The summed E-state index contributed by atoms with van der Waals surface area (Å²) >= 11 is 5.34. The third-order valence-corrected chi connectivity index (χ3v) is 6.52. The average Bonchev–Trinajstić information content (AvgIpc) is 2.89. The molecule has 1 fully saturated rings. The number of nitrogens with one attached hydrogen (secondary N) is 2. The van der Waals surface area contributed by atoms with Crippen molar-refractivity contribution in [3.05, 3.63) is 95.6 Å². The molecule has 0 spiro atoms. The van der Waals surface area contributed by atoms with Crippen molar-refractivity contribution in [3.63, 3.8) is 0 Å². The SMILES string of the molecule is CC(C)(C)c1ccc(C(=O)NC(=S)Nc2ccc(N3CCN(C(=O)c4ccccc4)CC3)cc2)cc1. The van der Waals surface area contributed by atoms with Gasteiger partial charge >= 0.3 is 0 Å². The Morgan fingerprint density at radius 1 is 0.778 bits per heavy atom. The van der Waals surface area contributed by atoms with E-state index in [1.165, 1.54) is 5.56 Å². The van der Waals surface area contributed by atoms with Crippen LogP contribution in [0.25, 0.3) is 0 Å². The van der Waals surface area contributed by atoms with Gasteiger partial charge in [0.1, 0.15) is 0 Å². The van der Waals surface area contributed by atoms with Gasteiger partial charge in [-0.3, -0.25) is 14.9 Å². The predicted octanol–water partition coefficient (Wildman–Crippen LogP) is 5.07. The number of carbonyl (C=O) groups is 2. The second-order valence-corrected chi connectivity index (χ2v) is 10.3. The molecule has 1 aliphatic heterocycles. The Morgan fingerprint density at radius 3 is 1.97 bits per heavy atom. The molecular weight excluding hydrogens is 468 g/mol. The first-order valence-corrected chi connectivity index (χ1v) is 12.5. The second-order valence-electron chi connectivity index (χ2n) is 9.93. The highest BCUT2D eigenvalue weighted by Crippen LogP contribution is 2.23. The van der Waals surface area contributed by atoms with E-state index in [4.69, 9.17) is 12.2 Å². The summed E-state index contributed by atoms with van der Waals surface area (Å²) in [5, 5.41) is 6.07. The number of carbonyl (C=O) groups excluding carboxylic acids is 2. The first kappa shape index (κ1) is 25.4. The summed E-state index contributed by atoms with van der Waals surface area (Å²) in [5.74, 6) is -0.164. The minimum Gasteiger partial charge on any atom is -0.368 e. The lowest BCUT2D eigenvalue weighted by molar-refractivity contribution is 0.0746. The third kappa shape index (κ3) is 6.29. The predicted molar refractivity (Wildman–Crippen MR) is 150 cm³/mol. The number of hydrogen-bond acceptors (Lipinski definition) is 4. The van der Waals surface area contributed by atoms with Crippen molar-refractivity contribution in [2.24, 2.45) is 0 Å². The molecule has 0 atom stereocenters. The van der Waals surface area contributed by atoms with Crippen molar-refractivity contribution in [2.75, 3.05) is 36.4 Å². The number of piperazine rings is 1. The molecular formula is C29H32N4O2S. The lowest BCUT2D eigenvalue weighted by atomic mass is 9.87. The maximum absolute atomic E-state index is 12.7. The molecule has 6 nitrogen and oxygen atoms in total. The molecule has 0 bridgehead atoms. The van der Waals surface area contributed by atoms with E-state index in [2.05, 4.69) is 36.3 Å². The highest BCUT2D eigenvalue weighted by Gasteiger charge is 2.22. The van der Waals surface area contributed by atoms with E-state index in [1.54, 1.807) is 0 Å². The Labute approximate surface area is 218 Å². The van der Waals surface area contributed by atoms with Gasteiger partial charge in [-0.1, -0.05) is 51.1 Å². The zero-order valence-corrected chi connectivity index (χ0v) is 21.8. The molecule has 1 heterocycles. The summed E-state index contributed by atoms with van der Waals surface area (Å²) in [4.78, 5) is 29.4. The van der Waals surface area contributed by atoms with Crippen molar-refractivity contribution in [2.45, 2.75) is 26.2 Å². The molecule has 3 aromatic rings. The Balaban J connectivity index is 1.27. The van der Waals surface area contributed by atoms with Crippen LogP contribution in [0.3, 0.4) is 0 Å². The standard InChI is InChI=1S/C29H32N4O2S/c1-29(2,3)23-11-9-21(10-12-23)26(34)31-28(36)30-24-13-15-25(16-14-24)32-17-19-33(20-18-32)27(35)22-7-5-4-6-8-22/h4-16H,17-20H2,1-3H3,(H2,30,31,34,36). The van der Waals surface area contributed by atoms with Crippen LogP contribution in [0.5, 0.6) is 0 Å². The fourth-order valence-corrected chi connectivity index (χ4v) is 4.36. The first-order chi connectivity index (χ1) is 17.2. The molecule has 186 valence electrons. The Kier molecular flexibility index (Phi) is 7.70. The van der Waals surface area contributed by atoms with Crippen LogP contribution in [0.4, 0.5) is 11.4 Å². The lowest BCUT2D eigenvalue weighted by Gasteiger charge is -2.36. The quantitative estimate of drug-likeness (QED) is 0.490. The van der Waals surface area contributed by atoms with Crippen molar-refractivity contribution in [3.8, 4) is 0 Å². The van der Waals surface area contributed by atoms with Gasteiger partial charge in [0, 0.05) is 48.7 Å². The van der Waals surface area contributed by atoms with E-state index in [1.807, 2.05) is 83.8 Å². The van der Waals surface area contributed by atoms with Gasteiger partial charge in [0.2, 0.25) is 0 Å². The maximum atomic E-state index is 12.7. The smallest absolute Gasteiger partial charge is 0.257 e. The number of anilines is 2. The second kappa shape index (κ2) is 10.9. The fourth-order valence-electron chi connectivity index (χ4n) is 4.15. The third-order valence-electron chi connectivity index (χ3n) is 6.32. The van der Waals surface area contributed by atoms with E-state index in [-0.39, 0.29) is 22.3 Å². The van der Waals surface area contributed by atoms with E-state index in [0.717, 1.165) is 30.0 Å². The molecule has 0 aliphatic carbocycles. The average molecular weight is 501 g/mol. The first-order valence-electron chi connectivity index (χ1n) is 12.1. The molecule has 2 amide bonds. The Bertz CT molecular complexity index is 1210. The molecule has 4 rings (SSSR count). The summed E-state index contributed by atoms with van der Waals surface area (Å²) in [6.07, 6.45) is 0. The van der Waals surface area contributed by atoms with Crippen LogP contribution in [-0.2, 0) is 5.41 Å². The highest BCUT2D eigenvalue weighted by atomic mass is 32.1. The van der Waals surface area contributed by atoms with Crippen LogP contribution in [0.15, 0.2) is 78.9 Å². The molecule has 7 heteroatoms. The summed E-state index contributed by atoms with van der Waals surface area (Å²) in [6, 6.07) is 24.9. The summed E-state index contributed by atoms with van der Waals surface area (Å²) < 4.78 is 0. The minimum absolute atomic E-state index is 0.0329. The molecule has 36 heavy (non-hydrogen) atoms. The maximum Gasteiger partial charge on any atom is 0.257 e. The highest BCUT2D eigenvalue weighted by molar-refractivity contribution is 7.80. The van der Waals surface area contributed by atoms with Gasteiger partial charge in [0.25, 0.3) is 11.8 Å². The van der Waals surface area contributed by atoms with Gasteiger partial charge in [-0.2, -0.15) is 0 Å². The summed E-state index contributed by atoms with van der Waals surface area (Å²) in [6.45, 7) is 9.32. The van der Waals surface area contributed by atoms with Gasteiger partial charge in [-0.15, -0.1) is 0 Å². The number of rotatable bonds is 4. The molecule has 0 aromatic heterocycles. The van der Waals surface area contributed by atoms with Crippen molar-refractivity contribution < 1.29 is 9.59 Å². The van der Waals surface area contributed by atoms with Gasteiger partial charge < -0.3 is 15.1 Å². The van der Waals surface area contributed by atoms with Crippen LogP contribution < -0.4 is 15.5 Å². The van der Waals surface area contributed by atoms with Crippen LogP contribution in [0, 0.1) is 0 Å². The molecule has 2 N–H and O–H groups in total. The van der Waals surface area contributed by atoms with Crippen LogP contribution in [0.1, 0.15) is 47.1 Å². The minimum atomic E-state index is -0.243. The van der Waals surface area contributed by atoms with E-state index in [0.29, 0.717) is 18.7 Å². The van der Waals surface area contributed by atoms with Crippen molar-refractivity contribution >= 4 is 40.5 Å². The van der Waals surface area contributed by atoms with Gasteiger partial charge in [-0.05, 0) is 71.7 Å². The number of thiocarbonyl (C=S) groups is 1. The molecule has 0 unspecified atom stereocenters. The lowest BCUT2D eigenvalue weighted by Crippen LogP contribution is -2.48. The van der Waals surface area contributed by atoms with Crippen molar-refractivity contribution in [1.29, 1.82) is 0 Å². The monoisotopic (exact) mass is 500 g/mol. The number of benzene rings is 3. The topological polar surface area (TPSA) is 64.7 Å². The molecule has 3 aromatic carbocycles. The number of hydrogen-bond donors (Lipinski definition) is 2. The molecule has 1 aliphatic rings. The molecule has 1 saturated heterocycles. The normalized spacial score (nSPS) is 13.8. The molecule has 0 saturated carbocycles. The summed E-state index contributed by atoms with van der Waals surface area (Å²) in [5.41, 5.74) is 4.37. The van der Waals surface area contributed by atoms with Crippen molar-refractivity contribution in [1.82, 2.24) is 10.2 Å².